The summed E-state index contributed by atoms with van der Waals surface area (Å²) in [4.78, 5) is 41.1. The van der Waals surface area contributed by atoms with Gasteiger partial charge in [0.25, 0.3) is 5.91 Å². The summed E-state index contributed by atoms with van der Waals surface area (Å²) in [5, 5.41) is 7.43. The predicted octanol–water partition coefficient (Wildman–Crippen LogP) is 2.55. The number of hydrogen-bond acceptors (Lipinski definition) is 7. The Labute approximate surface area is 204 Å². The number of nitrogens with zero attached hydrogens (tertiary/aromatic N) is 3. The summed E-state index contributed by atoms with van der Waals surface area (Å²) < 4.78 is 17.0. The fourth-order valence-electron chi connectivity index (χ4n) is 4.83. The predicted molar refractivity (Wildman–Crippen MR) is 126 cm³/mol. The summed E-state index contributed by atoms with van der Waals surface area (Å²) in [6, 6.07) is 6.82. The molecular weight excluding hydrogens is 452 g/mol. The number of methoxy groups -OCH3 is 3. The van der Waals surface area contributed by atoms with Crippen molar-refractivity contribution in [1.29, 1.82) is 0 Å². The minimum absolute atomic E-state index is 0.0229. The maximum atomic E-state index is 13.7. The van der Waals surface area contributed by atoms with Gasteiger partial charge < -0.3 is 24.4 Å². The number of carbonyl (C=O) groups is 3. The number of nitrogens with one attached hydrogen (secondary N) is 1. The van der Waals surface area contributed by atoms with Gasteiger partial charge in [-0.05, 0) is 31.9 Å². The Bertz CT molecular complexity index is 1120. The first-order valence-corrected chi connectivity index (χ1v) is 11.8. The van der Waals surface area contributed by atoms with Gasteiger partial charge in [0.15, 0.2) is 5.69 Å². The van der Waals surface area contributed by atoms with Crippen molar-refractivity contribution in [3.63, 3.8) is 0 Å². The van der Waals surface area contributed by atoms with Crippen molar-refractivity contribution < 1.29 is 28.6 Å². The van der Waals surface area contributed by atoms with Gasteiger partial charge in [-0.3, -0.25) is 14.3 Å². The highest BCUT2D eigenvalue weighted by atomic mass is 16.5. The molecule has 2 aliphatic rings. The second kappa shape index (κ2) is 9.97. The second-order valence-electron chi connectivity index (χ2n) is 9.22. The summed E-state index contributed by atoms with van der Waals surface area (Å²) in [6.07, 6.45) is 5.14. The van der Waals surface area contributed by atoms with Gasteiger partial charge in [0.05, 0.1) is 34.4 Å². The Kier molecular flexibility index (Phi) is 7.00. The Hall–Kier alpha value is -3.56. The van der Waals surface area contributed by atoms with Crippen LogP contribution in [-0.4, -0.2) is 65.4 Å². The summed E-state index contributed by atoms with van der Waals surface area (Å²) in [5.41, 5.74) is -0.276. The van der Waals surface area contributed by atoms with Crippen LogP contribution in [0.15, 0.2) is 24.3 Å². The molecule has 2 amide bonds. The fourth-order valence-corrected chi connectivity index (χ4v) is 4.83. The smallest absolute Gasteiger partial charge is 0.358 e. The van der Waals surface area contributed by atoms with Gasteiger partial charge in [0, 0.05) is 23.7 Å². The highest BCUT2D eigenvalue weighted by Gasteiger charge is 2.49. The van der Waals surface area contributed by atoms with Crippen molar-refractivity contribution in [3.05, 3.63) is 41.2 Å². The number of benzene rings is 1. The van der Waals surface area contributed by atoms with E-state index in [1.807, 2.05) is 6.07 Å². The molecule has 1 aromatic heterocycles. The molecule has 0 radical (unpaired) electrons. The van der Waals surface area contributed by atoms with E-state index in [-0.39, 0.29) is 36.4 Å². The zero-order valence-corrected chi connectivity index (χ0v) is 20.6. The van der Waals surface area contributed by atoms with E-state index in [2.05, 4.69) is 10.4 Å². The average molecular weight is 485 g/mol. The zero-order chi connectivity index (χ0) is 25.2. The molecule has 1 N–H and O–H groups in total. The molecule has 1 saturated carbocycles. The van der Waals surface area contributed by atoms with Crippen LogP contribution in [0, 0.1) is 0 Å². The van der Waals surface area contributed by atoms with E-state index in [0.717, 1.165) is 31.2 Å². The molecule has 10 heteroatoms. The molecule has 2 heterocycles. The number of carbonyl (C=O) groups excluding carboxylic acids is 3. The molecule has 1 aliphatic carbocycles. The Morgan fingerprint density at radius 1 is 1.11 bits per heavy atom. The highest BCUT2D eigenvalue weighted by Crippen LogP contribution is 2.33. The van der Waals surface area contributed by atoms with Crippen molar-refractivity contribution in [2.45, 2.75) is 63.7 Å². The van der Waals surface area contributed by atoms with Crippen LogP contribution in [0.5, 0.6) is 11.5 Å². The maximum Gasteiger partial charge on any atom is 0.358 e. The lowest BCUT2D eigenvalue weighted by molar-refractivity contribution is -0.134. The van der Waals surface area contributed by atoms with Crippen LogP contribution in [-0.2, 0) is 22.6 Å². The third-order valence-corrected chi connectivity index (χ3v) is 6.94. The van der Waals surface area contributed by atoms with E-state index in [0.29, 0.717) is 11.5 Å². The molecule has 0 spiro atoms. The van der Waals surface area contributed by atoms with Gasteiger partial charge in [-0.15, -0.1) is 0 Å². The van der Waals surface area contributed by atoms with E-state index < -0.39 is 17.4 Å². The summed E-state index contributed by atoms with van der Waals surface area (Å²) >= 11 is 0. The fraction of sp³-hybridized carbons (Fsp3) is 0.520. The summed E-state index contributed by atoms with van der Waals surface area (Å²) in [5.74, 6) is -0.129. The van der Waals surface area contributed by atoms with Gasteiger partial charge >= 0.3 is 5.97 Å². The number of rotatable bonds is 7. The van der Waals surface area contributed by atoms with Crippen molar-refractivity contribution in [2.24, 2.45) is 0 Å². The molecule has 2 aromatic rings. The van der Waals surface area contributed by atoms with Crippen LogP contribution in [0.1, 0.15) is 65.6 Å². The van der Waals surface area contributed by atoms with E-state index >= 15 is 0 Å². The topological polar surface area (TPSA) is 112 Å². The number of esters is 1. The van der Waals surface area contributed by atoms with E-state index in [4.69, 9.17) is 14.2 Å². The standard InChI is InChI=1S/C25H32N4O6/c1-25(24(32)26-17-8-6-5-7-9-17)15-29-20(13-19(27-29)23(31)35-4)22(30)28(25)14-16-10-11-18(33-2)12-21(16)34-3/h10-13,17H,5-9,14-15H2,1-4H3,(H,26,32). The number of hydrogen-bond donors (Lipinski definition) is 1. The monoisotopic (exact) mass is 484 g/mol. The first-order chi connectivity index (χ1) is 16.8. The molecule has 1 atom stereocenters. The summed E-state index contributed by atoms with van der Waals surface area (Å²) in [7, 11) is 4.37. The second-order valence-corrected chi connectivity index (χ2v) is 9.22. The van der Waals surface area contributed by atoms with Gasteiger partial charge in [-0.25, -0.2) is 4.79 Å². The average Bonchev–Trinajstić information content (AvgIpc) is 3.30. The molecule has 1 aliphatic heterocycles. The Morgan fingerprint density at radius 2 is 1.86 bits per heavy atom. The van der Waals surface area contributed by atoms with Crippen LogP contribution in [0.3, 0.4) is 0 Å². The lowest BCUT2D eigenvalue weighted by Crippen LogP contribution is -2.64. The van der Waals surface area contributed by atoms with Crippen LogP contribution in [0.25, 0.3) is 0 Å². The maximum absolute atomic E-state index is 13.7. The quantitative estimate of drug-likeness (QED) is 0.601. The van der Waals surface area contributed by atoms with Crippen molar-refractivity contribution in [3.8, 4) is 11.5 Å². The minimum Gasteiger partial charge on any atom is -0.497 e. The van der Waals surface area contributed by atoms with E-state index in [1.165, 1.54) is 29.2 Å². The normalized spacial score (nSPS) is 20.2. The third-order valence-electron chi connectivity index (χ3n) is 6.94. The van der Waals surface area contributed by atoms with E-state index in [1.54, 1.807) is 33.3 Å². The molecule has 1 fully saturated rings. The molecule has 1 aromatic carbocycles. The van der Waals surface area contributed by atoms with Gasteiger partial charge in [0.1, 0.15) is 22.7 Å². The SMILES string of the molecule is COC(=O)c1cc2n(n1)CC(C)(C(=O)NC1CCCCC1)N(Cc1ccc(OC)cc1OC)C2=O. The van der Waals surface area contributed by atoms with Gasteiger partial charge in [-0.2, -0.15) is 5.10 Å². The number of fused-ring (bicyclic) bond motifs is 1. The zero-order valence-electron chi connectivity index (χ0n) is 20.6. The Balaban J connectivity index is 1.72. The largest absolute Gasteiger partial charge is 0.497 e. The van der Waals surface area contributed by atoms with Gasteiger partial charge in [-0.1, -0.05) is 19.3 Å². The van der Waals surface area contributed by atoms with Crippen LogP contribution in [0.4, 0.5) is 0 Å². The first-order valence-electron chi connectivity index (χ1n) is 11.8. The molecule has 188 valence electrons. The number of aromatic nitrogens is 2. The van der Waals surface area contributed by atoms with Crippen molar-refractivity contribution >= 4 is 17.8 Å². The van der Waals surface area contributed by atoms with Crippen LogP contribution in [0.2, 0.25) is 0 Å². The third kappa shape index (κ3) is 4.69. The lowest BCUT2D eigenvalue weighted by atomic mass is 9.91. The van der Waals surface area contributed by atoms with E-state index in [9.17, 15) is 14.4 Å². The van der Waals surface area contributed by atoms with Gasteiger partial charge in [0.2, 0.25) is 5.91 Å². The molecule has 1 unspecified atom stereocenters. The number of ether oxygens (including phenoxy) is 3. The van der Waals surface area contributed by atoms with Crippen molar-refractivity contribution in [2.75, 3.05) is 21.3 Å². The minimum atomic E-state index is -1.24. The molecule has 0 saturated heterocycles. The number of amides is 2. The molecular formula is C25H32N4O6. The van der Waals surface area contributed by atoms with Crippen LogP contribution >= 0.6 is 0 Å². The Morgan fingerprint density at radius 3 is 2.51 bits per heavy atom. The summed E-state index contributed by atoms with van der Waals surface area (Å²) in [6.45, 7) is 1.96. The molecule has 35 heavy (non-hydrogen) atoms. The first kappa shape index (κ1) is 24.6. The lowest BCUT2D eigenvalue weighted by Gasteiger charge is -2.44. The van der Waals surface area contributed by atoms with Crippen molar-refractivity contribution in [1.82, 2.24) is 20.0 Å². The molecule has 10 nitrogen and oxygen atoms in total. The molecule has 4 rings (SSSR count). The highest BCUT2D eigenvalue weighted by molar-refractivity contribution is 6.01. The molecule has 0 bridgehead atoms. The van der Waals surface area contributed by atoms with Crippen LogP contribution < -0.4 is 14.8 Å².